The molecule has 0 aliphatic carbocycles. The van der Waals surface area contributed by atoms with Crippen LogP contribution in [0.3, 0.4) is 0 Å². The van der Waals surface area contributed by atoms with Crippen LogP contribution >= 0.6 is 0 Å². The van der Waals surface area contributed by atoms with E-state index in [1.54, 1.807) is 6.07 Å². The first-order chi connectivity index (χ1) is 11.8. The van der Waals surface area contributed by atoms with Gasteiger partial charge in [0.25, 0.3) is 5.91 Å². The number of rotatable bonds is 6. The van der Waals surface area contributed by atoms with Crippen molar-refractivity contribution in [3.05, 3.63) is 53.6 Å². The summed E-state index contributed by atoms with van der Waals surface area (Å²) in [7, 11) is 0.515. The molecule has 0 saturated heterocycles. The zero-order valence-corrected chi connectivity index (χ0v) is 15.6. The van der Waals surface area contributed by atoms with Gasteiger partial charge in [0.15, 0.2) is 0 Å². The Labute approximate surface area is 148 Å². The first-order valence-corrected chi connectivity index (χ1v) is 9.24. The number of benzene rings is 2. The van der Waals surface area contributed by atoms with Gasteiger partial charge in [-0.1, -0.05) is 19.1 Å². The number of amides is 1. The molecule has 0 radical (unpaired) electrons. The van der Waals surface area contributed by atoms with Crippen molar-refractivity contribution < 1.29 is 17.9 Å². The second-order valence-electron chi connectivity index (χ2n) is 5.66. The van der Waals surface area contributed by atoms with Gasteiger partial charge in [0.1, 0.15) is 10.6 Å². The fourth-order valence-corrected chi connectivity index (χ4v) is 3.36. The molecule has 0 heterocycles. The summed E-state index contributed by atoms with van der Waals surface area (Å²) in [5.41, 5.74) is 2.00. The average Bonchev–Trinajstić information content (AvgIpc) is 2.61. The van der Waals surface area contributed by atoms with Crippen LogP contribution < -0.4 is 10.1 Å². The van der Waals surface area contributed by atoms with Gasteiger partial charge in [0, 0.05) is 25.3 Å². The van der Waals surface area contributed by atoms with Crippen LogP contribution in [0.5, 0.6) is 5.75 Å². The highest BCUT2D eigenvalue weighted by Gasteiger charge is 2.23. The van der Waals surface area contributed by atoms with Gasteiger partial charge in [-0.15, -0.1) is 0 Å². The van der Waals surface area contributed by atoms with Gasteiger partial charge in [0.2, 0.25) is 10.0 Å². The summed E-state index contributed by atoms with van der Waals surface area (Å²) >= 11 is 0. The van der Waals surface area contributed by atoms with Crippen molar-refractivity contribution in [2.75, 3.05) is 26.5 Å². The number of carbonyl (C=O) groups is 1. The highest BCUT2D eigenvalue weighted by atomic mass is 32.2. The fourth-order valence-electron chi connectivity index (χ4n) is 2.29. The molecule has 25 heavy (non-hydrogen) atoms. The number of ether oxygens (including phenoxy) is 1. The summed E-state index contributed by atoms with van der Waals surface area (Å²) in [6.45, 7) is 2.03. The van der Waals surface area contributed by atoms with E-state index in [0.717, 1.165) is 16.3 Å². The predicted molar refractivity (Wildman–Crippen MR) is 97.6 cm³/mol. The lowest BCUT2D eigenvalue weighted by Gasteiger charge is -2.15. The van der Waals surface area contributed by atoms with E-state index in [4.69, 9.17) is 4.74 Å². The Hall–Kier alpha value is -2.38. The van der Waals surface area contributed by atoms with Crippen molar-refractivity contribution >= 4 is 21.6 Å². The Morgan fingerprint density at radius 3 is 2.48 bits per heavy atom. The summed E-state index contributed by atoms with van der Waals surface area (Å²) in [5.74, 6) is -0.190. The molecule has 0 aromatic heterocycles. The van der Waals surface area contributed by atoms with Crippen molar-refractivity contribution in [3.63, 3.8) is 0 Å². The van der Waals surface area contributed by atoms with Crippen molar-refractivity contribution in [1.29, 1.82) is 0 Å². The van der Waals surface area contributed by atoms with Crippen molar-refractivity contribution in [2.24, 2.45) is 0 Å². The summed E-state index contributed by atoms with van der Waals surface area (Å²) in [5, 5.41) is 2.79. The van der Waals surface area contributed by atoms with Crippen LogP contribution in [-0.4, -0.2) is 39.8 Å². The van der Waals surface area contributed by atoms with E-state index in [1.807, 2.05) is 25.1 Å². The molecule has 6 nitrogen and oxygen atoms in total. The molecule has 2 aromatic carbocycles. The van der Waals surface area contributed by atoms with E-state index in [9.17, 15) is 13.2 Å². The lowest BCUT2D eigenvalue weighted by Crippen LogP contribution is -2.23. The Morgan fingerprint density at radius 2 is 1.88 bits per heavy atom. The molecule has 7 heteroatoms. The molecule has 0 aliphatic heterocycles. The number of methoxy groups -OCH3 is 1. The first kappa shape index (κ1) is 19.0. The molecule has 0 fully saturated rings. The first-order valence-electron chi connectivity index (χ1n) is 7.80. The minimum absolute atomic E-state index is 0.0463. The van der Waals surface area contributed by atoms with Gasteiger partial charge in [-0.3, -0.25) is 4.79 Å². The average molecular weight is 362 g/mol. The van der Waals surface area contributed by atoms with E-state index >= 15 is 0 Å². The molecule has 0 saturated carbocycles. The Morgan fingerprint density at radius 1 is 1.16 bits per heavy atom. The number of aryl methyl sites for hydroxylation is 1. The van der Waals surface area contributed by atoms with Crippen LogP contribution in [0.1, 0.15) is 22.8 Å². The molecule has 0 unspecified atom stereocenters. The van der Waals surface area contributed by atoms with Crippen LogP contribution in [0.2, 0.25) is 0 Å². The molecule has 1 amide bonds. The zero-order valence-electron chi connectivity index (χ0n) is 14.7. The predicted octanol–water partition coefficient (Wildman–Crippen LogP) is 2.76. The maximum absolute atomic E-state index is 12.5. The number of nitrogens with zero attached hydrogens (tertiary/aromatic N) is 1. The van der Waals surface area contributed by atoms with Crippen LogP contribution in [0.25, 0.3) is 0 Å². The van der Waals surface area contributed by atoms with Crippen molar-refractivity contribution in [1.82, 2.24) is 4.31 Å². The van der Waals surface area contributed by atoms with E-state index < -0.39 is 10.0 Å². The molecule has 2 rings (SSSR count). The lowest BCUT2D eigenvalue weighted by atomic mass is 10.1. The van der Waals surface area contributed by atoms with Gasteiger partial charge in [0.05, 0.1) is 7.11 Å². The summed E-state index contributed by atoms with van der Waals surface area (Å²) in [6, 6.07) is 11.9. The maximum atomic E-state index is 12.5. The van der Waals surface area contributed by atoms with E-state index in [0.29, 0.717) is 5.69 Å². The third-order valence-corrected chi connectivity index (χ3v) is 5.61. The Kier molecular flexibility index (Phi) is 5.81. The summed E-state index contributed by atoms with van der Waals surface area (Å²) < 4.78 is 31.1. The van der Waals surface area contributed by atoms with Crippen LogP contribution in [0, 0.1) is 0 Å². The molecule has 0 aliphatic rings. The smallest absolute Gasteiger partial charge is 0.255 e. The largest absolute Gasteiger partial charge is 0.495 e. The van der Waals surface area contributed by atoms with Gasteiger partial charge in [-0.05, 0) is 42.3 Å². The third-order valence-electron chi connectivity index (χ3n) is 3.78. The lowest BCUT2D eigenvalue weighted by molar-refractivity contribution is 0.102. The van der Waals surface area contributed by atoms with Gasteiger partial charge in [-0.25, -0.2) is 12.7 Å². The molecule has 1 N–H and O–H groups in total. The van der Waals surface area contributed by atoms with Crippen molar-refractivity contribution in [3.8, 4) is 5.75 Å². The SMILES string of the molecule is CCc1cccc(NC(=O)c2ccc(OC)c(S(=O)(=O)N(C)C)c2)c1. The molecule has 2 aromatic rings. The van der Waals surface area contributed by atoms with Crippen LogP contribution in [0.4, 0.5) is 5.69 Å². The zero-order chi connectivity index (χ0) is 18.6. The maximum Gasteiger partial charge on any atom is 0.255 e. The van der Waals surface area contributed by atoms with Gasteiger partial charge < -0.3 is 10.1 Å². The molecular formula is C18H22N2O4S. The van der Waals surface area contributed by atoms with Crippen LogP contribution in [0.15, 0.2) is 47.4 Å². The van der Waals surface area contributed by atoms with E-state index in [1.165, 1.54) is 39.4 Å². The van der Waals surface area contributed by atoms with Gasteiger partial charge >= 0.3 is 0 Å². The number of sulfonamides is 1. The number of hydrogen-bond acceptors (Lipinski definition) is 4. The fraction of sp³-hybridized carbons (Fsp3) is 0.278. The topological polar surface area (TPSA) is 75.7 Å². The third kappa shape index (κ3) is 4.18. The minimum atomic E-state index is -3.73. The molecular weight excluding hydrogens is 340 g/mol. The second-order valence-corrected chi connectivity index (χ2v) is 7.78. The normalized spacial score (nSPS) is 11.4. The van der Waals surface area contributed by atoms with Gasteiger partial charge in [-0.2, -0.15) is 0 Å². The summed E-state index contributed by atoms with van der Waals surface area (Å²) in [6.07, 6.45) is 0.859. The standard InChI is InChI=1S/C18H22N2O4S/c1-5-13-7-6-8-15(11-13)19-18(21)14-9-10-16(24-4)17(12-14)25(22,23)20(2)3/h6-12H,5H2,1-4H3,(H,19,21). The molecule has 0 spiro atoms. The molecule has 0 atom stereocenters. The van der Waals surface area contributed by atoms with Crippen LogP contribution in [-0.2, 0) is 16.4 Å². The summed E-state index contributed by atoms with van der Waals surface area (Å²) in [4.78, 5) is 12.5. The van der Waals surface area contributed by atoms with E-state index in [-0.39, 0.29) is 22.1 Å². The quantitative estimate of drug-likeness (QED) is 0.857. The minimum Gasteiger partial charge on any atom is -0.495 e. The number of nitrogens with one attached hydrogen (secondary N) is 1. The highest BCUT2D eigenvalue weighted by molar-refractivity contribution is 7.89. The van der Waals surface area contributed by atoms with E-state index in [2.05, 4.69) is 5.32 Å². The monoisotopic (exact) mass is 362 g/mol. The molecule has 134 valence electrons. The van der Waals surface area contributed by atoms with Crippen molar-refractivity contribution in [2.45, 2.75) is 18.2 Å². The number of carbonyl (C=O) groups excluding carboxylic acids is 1. The Bertz CT molecular complexity index is 876. The highest BCUT2D eigenvalue weighted by Crippen LogP contribution is 2.27. The molecule has 0 bridgehead atoms. The number of anilines is 1. The second kappa shape index (κ2) is 7.67. The number of hydrogen-bond donors (Lipinski definition) is 1. The Balaban J connectivity index is 2.37.